The van der Waals surface area contributed by atoms with Crippen LogP contribution < -0.4 is 10.5 Å². The van der Waals surface area contributed by atoms with E-state index in [4.69, 9.17) is 30.9 Å². The zero-order valence-electron chi connectivity index (χ0n) is 18.5. The number of carboxylic acids is 2. The zero-order valence-corrected chi connectivity index (χ0v) is 18.5. The average molecular weight is 486 g/mol. The fourth-order valence-electron chi connectivity index (χ4n) is 4.39. The van der Waals surface area contributed by atoms with Crippen molar-refractivity contribution in [3.63, 3.8) is 0 Å². The predicted octanol–water partition coefficient (Wildman–Crippen LogP) is -0.312. The summed E-state index contributed by atoms with van der Waals surface area (Å²) < 4.78 is 19.8. The van der Waals surface area contributed by atoms with Crippen molar-refractivity contribution in [2.24, 2.45) is 5.73 Å². The van der Waals surface area contributed by atoms with Crippen LogP contribution in [-0.2, 0) is 16.0 Å². The highest BCUT2D eigenvalue weighted by atomic mass is 19.1. The lowest BCUT2D eigenvalue weighted by atomic mass is 9.82. The second-order valence-electron chi connectivity index (χ2n) is 8.62. The lowest BCUT2D eigenvalue weighted by molar-refractivity contribution is -0.165. The van der Waals surface area contributed by atoms with Crippen LogP contribution in [0.4, 0.5) is 4.39 Å². The van der Waals surface area contributed by atoms with Crippen LogP contribution in [0.1, 0.15) is 54.4 Å². The largest absolute Gasteiger partial charge is 0.489 e. The van der Waals surface area contributed by atoms with Gasteiger partial charge in [-0.1, -0.05) is 12.8 Å². The van der Waals surface area contributed by atoms with Crippen molar-refractivity contribution in [1.29, 1.82) is 0 Å². The maximum Gasteiger partial charge on any atom is 0.335 e. The van der Waals surface area contributed by atoms with Crippen LogP contribution in [0.2, 0.25) is 0 Å². The Morgan fingerprint density at radius 1 is 0.971 bits per heavy atom. The van der Waals surface area contributed by atoms with Crippen molar-refractivity contribution in [2.45, 2.75) is 75.3 Å². The Labute approximate surface area is 195 Å². The van der Waals surface area contributed by atoms with Gasteiger partial charge in [0.15, 0.2) is 23.8 Å². The summed E-state index contributed by atoms with van der Waals surface area (Å²) in [4.78, 5) is 33.8. The van der Waals surface area contributed by atoms with E-state index in [0.717, 1.165) is 0 Å². The smallest absolute Gasteiger partial charge is 0.335 e. The molecule has 8 N–H and O–H groups in total. The number of nitrogens with zero attached hydrogens (tertiary/aromatic N) is 1. The molecule has 34 heavy (non-hydrogen) atoms. The number of carbonyl (C=O) groups excluding carboxylic acids is 1. The number of fused-ring (bicyclic) bond motifs is 1. The minimum absolute atomic E-state index is 0. The first-order valence-corrected chi connectivity index (χ1v) is 10.9. The van der Waals surface area contributed by atoms with E-state index in [1.165, 1.54) is 50.7 Å². The van der Waals surface area contributed by atoms with E-state index in [0.29, 0.717) is 36.2 Å². The number of primary amides is 1. The lowest BCUT2D eigenvalue weighted by Gasteiger charge is -2.51. The van der Waals surface area contributed by atoms with Crippen LogP contribution in [-0.4, -0.2) is 85.6 Å². The number of aliphatic carboxylic acids is 2. The van der Waals surface area contributed by atoms with Gasteiger partial charge < -0.3 is 36.4 Å². The van der Waals surface area contributed by atoms with Gasteiger partial charge in [-0.15, -0.1) is 0 Å². The van der Waals surface area contributed by atoms with Gasteiger partial charge in [0.05, 0.1) is 0 Å². The molecule has 12 heteroatoms. The van der Waals surface area contributed by atoms with Crippen LogP contribution in [0.5, 0.6) is 5.75 Å². The van der Waals surface area contributed by atoms with Gasteiger partial charge in [0, 0.05) is 29.3 Å². The summed E-state index contributed by atoms with van der Waals surface area (Å²) in [6.45, 7) is 0.499. The highest BCUT2D eigenvalue weighted by molar-refractivity contribution is 5.95. The second-order valence-corrected chi connectivity index (χ2v) is 8.62. The summed E-state index contributed by atoms with van der Waals surface area (Å²) in [5, 5.41) is 32.5. The molecule has 1 heterocycles. The molecule has 0 aromatic heterocycles. The molecule has 1 aromatic rings. The molecule has 190 valence electrons. The van der Waals surface area contributed by atoms with Gasteiger partial charge in [-0.3, -0.25) is 9.69 Å². The van der Waals surface area contributed by atoms with E-state index < -0.39 is 35.9 Å². The molecule has 1 aromatic carbocycles. The molecule has 1 amide bonds. The van der Waals surface area contributed by atoms with Crippen LogP contribution in [0.25, 0.3) is 0 Å². The minimum atomic E-state index is -2.27. The molecule has 2 aliphatic carbocycles. The molecule has 0 saturated heterocycles. The first-order chi connectivity index (χ1) is 15.6. The highest BCUT2D eigenvalue weighted by Gasteiger charge is 2.40. The summed E-state index contributed by atoms with van der Waals surface area (Å²) in [5.74, 6) is -4.23. The Morgan fingerprint density at radius 2 is 1.47 bits per heavy atom. The summed E-state index contributed by atoms with van der Waals surface area (Å²) >= 11 is 0. The number of ether oxygens (including phenoxy) is 1. The van der Waals surface area contributed by atoms with Gasteiger partial charge in [0.25, 0.3) is 0 Å². The Morgan fingerprint density at radius 3 is 1.85 bits per heavy atom. The molecule has 0 spiro atoms. The van der Waals surface area contributed by atoms with E-state index in [2.05, 4.69) is 4.90 Å². The molecule has 0 bridgehead atoms. The molecular weight excluding hydrogens is 455 g/mol. The molecule has 0 unspecified atom stereocenters. The SMILES string of the molecule is NC(=O)c1ccc(F)c2c1C[C@@H](N(C1CCC1)C1CCC1)CO2.O.O=C(O)[C@H](O)[C@@H](O)C(=O)O. The van der Waals surface area contributed by atoms with Crippen LogP contribution in [0, 0.1) is 5.82 Å². The third-order valence-corrected chi connectivity index (χ3v) is 6.56. The van der Waals surface area contributed by atoms with Crippen LogP contribution in [0.15, 0.2) is 12.1 Å². The number of carboxylic acid groups (broad SMARTS) is 2. The van der Waals surface area contributed by atoms with E-state index in [-0.39, 0.29) is 17.3 Å². The normalized spacial score (nSPS) is 21.2. The van der Waals surface area contributed by atoms with Crippen molar-refractivity contribution in [2.75, 3.05) is 6.61 Å². The lowest BCUT2D eigenvalue weighted by Crippen LogP contribution is -2.57. The van der Waals surface area contributed by atoms with E-state index >= 15 is 0 Å². The maximum absolute atomic E-state index is 14.0. The van der Waals surface area contributed by atoms with E-state index in [1.807, 2.05) is 0 Å². The van der Waals surface area contributed by atoms with Gasteiger partial charge in [0.2, 0.25) is 5.91 Å². The number of rotatable bonds is 7. The summed E-state index contributed by atoms with van der Waals surface area (Å²) in [7, 11) is 0. The number of hydrogen-bond acceptors (Lipinski definition) is 7. The first-order valence-electron chi connectivity index (χ1n) is 10.9. The topological polar surface area (TPSA) is 202 Å². The fourth-order valence-corrected chi connectivity index (χ4v) is 4.39. The number of nitrogens with two attached hydrogens (primary N) is 1. The van der Waals surface area contributed by atoms with Gasteiger partial charge in [-0.2, -0.15) is 0 Å². The fraction of sp³-hybridized carbons (Fsp3) is 0.591. The first kappa shape index (κ1) is 27.4. The molecule has 2 fully saturated rings. The van der Waals surface area contributed by atoms with Crippen molar-refractivity contribution in [3.8, 4) is 5.75 Å². The minimum Gasteiger partial charge on any atom is -0.489 e. The third-order valence-electron chi connectivity index (χ3n) is 6.56. The number of halogens is 1. The molecule has 1 aliphatic heterocycles. The molecule has 3 atom stereocenters. The summed E-state index contributed by atoms with van der Waals surface area (Å²) in [5.41, 5.74) is 6.52. The number of carbonyl (C=O) groups is 3. The van der Waals surface area contributed by atoms with Crippen molar-refractivity contribution >= 4 is 17.8 Å². The highest BCUT2D eigenvalue weighted by Crippen LogP contribution is 2.39. The standard InChI is InChI=1S/C18H23FN2O2.C4H6O6.H2O/c19-16-8-7-14(18(20)22)15-9-13(10-23-17(15)16)21(11-3-1-4-11)12-5-2-6-12;5-1(3(7)8)2(6)4(9)10;/h7-8,11-13H,1-6,9-10H2,(H2,20,22);1-2,5-6H,(H,7,8)(H,9,10);1H2/t13-;1-,2-;/m11./s1. The van der Waals surface area contributed by atoms with Gasteiger partial charge in [0.1, 0.15) is 6.61 Å². The second kappa shape index (κ2) is 11.6. The quantitative estimate of drug-likeness (QED) is 0.342. The van der Waals surface area contributed by atoms with Gasteiger partial charge >= 0.3 is 11.9 Å². The monoisotopic (exact) mass is 486 g/mol. The Bertz CT molecular complexity index is 873. The zero-order chi connectivity index (χ0) is 24.3. The van der Waals surface area contributed by atoms with Crippen molar-refractivity contribution < 1.29 is 49.4 Å². The summed E-state index contributed by atoms with van der Waals surface area (Å²) in [6, 6.07) is 4.23. The van der Waals surface area contributed by atoms with Gasteiger partial charge in [-0.25, -0.2) is 14.0 Å². The summed E-state index contributed by atoms with van der Waals surface area (Å²) in [6.07, 6.45) is 3.67. The molecular formula is C22H31FN2O9. The van der Waals surface area contributed by atoms with Crippen molar-refractivity contribution in [1.82, 2.24) is 4.90 Å². The van der Waals surface area contributed by atoms with E-state index in [9.17, 15) is 18.8 Å². The molecule has 4 rings (SSSR count). The van der Waals surface area contributed by atoms with Gasteiger partial charge in [-0.05, 0) is 44.2 Å². The predicted molar refractivity (Wildman–Crippen MR) is 116 cm³/mol. The van der Waals surface area contributed by atoms with Crippen molar-refractivity contribution in [3.05, 3.63) is 29.1 Å². The Balaban J connectivity index is 0.000000320. The Kier molecular flexibility index (Phi) is 9.33. The molecule has 3 aliphatic rings. The number of amides is 1. The molecule has 2 saturated carbocycles. The van der Waals surface area contributed by atoms with Crippen LogP contribution in [0.3, 0.4) is 0 Å². The average Bonchev–Trinajstić information content (AvgIpc) is 2.69. The number of benzene rings is 1. The molecule has 0 radical (unpaired) electrons. The maximum atomic E-state index is 14.0. The number of hydrogen-bond donors (Lipinski definition) is 5. The Hall–Kier alpha value is -2.80. The van der Waals surface area contributed by atoms with Crippen LogP contribution >= 0.6 is 0 Å². The van der Waals surface area contributed by atoms with E-state index in [1.54, 1.807) is 0 Å². The molecule has 11 nitrogen and oxygen atoms in total. The number of aliphatic hydroxyl groups excluding tert-OH is 2. The third kappa shape index (κ3) is 5.81. The number of aliphatic hydroxyl groups is 2.